The van der Waals surface area contributed by atoms with Crippen LogP contribution in [0.15, 0.2) is 91.3 Å². The predicted molar refractivity (Wildman–Crippen MR) is 180 cm³/mol. The summed E-state index contributed by atoms with van der Waals surface area (Å²) in [7, 11) is 0. The second-order valence-electron chi connectivity index (χ2n) is 12.1. The third kappa shape index (κ3) is 8.06. The van der Waals surface area contributed by atoms with Crippen LogP contribution in [0, 0.1) is 5.92 Å². The summed E-state index contributed by atoms with van der Waals surface area (Å²) in [6.07, 6.45) is 3.77. The van der Waals surface area contributed by atoms with Gasteiger partial charge >= 0.3 is 5.97 Å². The van der Waals surface area contributed by atoms with Crippen molar-refractivity contribution in [1.29, 1.82) is 0 Å². The van der Waals surface area contributed by atoms with E-state index >= 15 is 0 Å². The van der Waals surface area contributed by atoms with E-state index in [4.69, 9.17) is 5.73 Å². The zero-order valence-electron chi connectivity index (χ0n) is 26.3. The molecular formula is C36H40N6O5. The van der Waals surface area contributed by atoms with Gasteiger partial charge in [-0.15, -0.1) is 0 Å². The van der Waals surface area contributed by atoms with E-state index in [9.17, 15) is 24.3 Å². The fourth-order valence-electron chi connectivity index (χ4n) is 5.62. The van der Waals surface area contributed by atoms with Gasteiger partial charge in [0.2, 0.25) is 17.7 Å². The topological polar surface area (TPSA) is 182 Å². The molecule has 0 saturated heterocycles. The summed E-state index contributed by atoms with van der Waals surface area (Å²) in [5.41, 5.74) is 10.2. The highest BCUT2D eigenvalue weighted by molar-refractivity contribution is 5.95. The molecule has 5 aromatic rings. The molecule has 0 aliphatic carbocycles. The van der Waals surface area contributed by atoms with Crippen molar-refractivity contribution < 1.29 is 24.3 Å². The molecule has 0 radical (unpaired) electrons. The van der Waals surface area contributed by atoms with Gasteiger partial charge in [0.05, 0.1) is 6.04 Å². The van der Waals surface area contributed by atoms with Crippen molar-refractivity contribution in [2.24, 2.45) is 11.7 Å². The van der Waals surface area contributed by atoms with Crippen molar-refractivity contribution in [1.82, 2.24) is 25.9 Å². The molecule has 244 valence electrons. The minimum Gasteiger partial charge on any atom is -0.480 e. The number of carboxylic acids is 1. The number of amides is 3. The maximum atomic E-state index is 14.0. The van der Waals surface area contributed by atoms with Crippen LogP contribution < -0.4 is 21.7 Å². The molecule has 2 aromatic heterocycles. The highest BCUT2D eigenvalue weighted by Crippen LogP contribution is 2.21. The first-order valence-corrected chi connectivity index (χ1v) is 15.6. The van der Waals surface area contributed by atoms with Gasteiger partial charge in [0.25, 0.3) is 0 Å². The Morgan fingerprint density at radius 1 is 0.638 bits per heavy atom. The number of hydrogen-bond acceptors (Lipinski definition) is 5. The van der Waals surface area contributed by atoms with Crippen LogP contribution in [0.2, 0.25) is 0 Å². The van der Waals surface area contributed by atoms with E-state index in [1.165, 1.54) is 0 Å². The number of carboxylic acid groups (broad SMARTS) is 1. The molecule has 0 fully saturated rings. The first-order chi connectivity index (χ1) is 22.6. The van der Waals surface area contributed by atoms with E-state index in [1.807, 2.05) is 92.7 Å². The number of carbonyl (C=O) groups is 4. The summed E-state index contributed by atoms with van der Waals surface area (Å²) in [6.45, 7) is 3.63. The molecule has 4 atom stereocenters. The number of carbonyl (C=O) groups excluding carboxylic acids is 3. The molecule has 11 heteroatoms. The number of nitrogens with one attached hydrogen (secondary N) is 5. The standard InChI is InChI=1S/C36H40N6O5/c1-21(2)32(37)35(45)41-30(17-23-19-38-27-14-8-6-12-25(23)27)34(44)40-29(16-22-10-4-3-5-11-22)33(43)42-31(36(46)47)18-24-20-39-28-15-9-7-13-26(24)28/h3-15,19-21,29-32,38-39H,16-18,37H2,1-2H3,(H,40,44)(H,41,45)(H,42,43)(H,46,47). The molecule has 0 saturated carbocycles. The molecule has 5 rings (SSSR count). The van der Waals surface area contributed by atoms with Crippen molar-refractivity contribution >= 4 is 45.5 Å². The molecule has 3 amide bonds. The first kappa shape index (κ1) is 33.0. The molecule has 3 aromatic carbocycles. The minimum absolute atomic E-state index is 0.0312. The number of aliphatic carboxylic acids is 1. The molecule has 8 N–H and O–H groups in total. The van der Waals surface area contributed by atoms with Gasteiger partial charge in [0.1, 0.15) is 18.1 Å². The third-order valence-electron chi connectivity index (χ3n) is 8.38. The van der Waals surface area contributed by atoms with Crippen LogP contribution in [0.25, 0.3) is 21.8 Å². The molecule has 11 nitrogen and oxygen atoms in total. The second-order valence-corrected chi connectivity index (χ2v) is 12.1. The average Bonchev–Trinajstić information content (AvgIpc) is 3.67. The maximum Gasteiger partial charge on any atom is 0.326 e. The quantitative estimate of drug-likeness (QED) is 0.0982. The van der Waals surface area contributed by atoms with E-state index < -0.39 is 47.9 Å². The van der Waals surface area contributed by atoms with Gasteiger partial charge in [-0.1, -0.05) is 80.6 Å². The zero-order chi connectivity index (χ0) is 33.5. The lowest BCUT2D eigenvalue weighted by Gasteiger charge is -2.26. The van der Waals surface area contributed by atoms with Crippen LogP contribution in [-0.4, -0.2) is 62.9 Å². The lowest BCUT2D eigenvalue weighted by molar-refractivity contribution is -0.142. The number of hydrogen-bond donors (Lipinski definition) is 7. The van der Waals surface area contributed by atoms with E-state index in [0.717, 1.165) is 38.5 Å². The van der Waals surface area contributed by atoms with Crippen LogP contribution in [0.4, 0.5) is 0 Å². The van der Waals surface area contributed by atoms with E-state index in [-0.39, 0.29) is 25.2 Å². The zero-order valence-corrected chi connectivity index (χ0v) is 26.3. The van der Waals surface area contributed by atoms with Gasteiger partial charge in [-0.25, -0.2) is 4.79 Å². The molecular weight excluding hydrogens is 596 g/mol. The number of H-pyrrole nitrogens is 2. The monoisotopic (exact) mass is 636 g/mol. The van der Waals surface area contributed by atoms with Crippen molar-refractivity contribution in [2.45, 2.75) is 57.3 Å². The summed E-state index contributed by atoms with van der Waals surface area (Å²) in [6, 6.07) is 19.9. The molecule has 2 heterocycles. The minimum atomic E-state index is -1.26. The molecule has 0 aliphatic rings. The van der Waals surface area contributed by atoms with Gasteiger partial charge in [-0.3, -0.25) is 14.4 Å². The van der Waals surface area contributed by atoms with Crippen LogP contribution in [-0.2, 0) is 38.4 Å². The number of benzene rings is 3. The largest absolute Gasteiger partial charge is 0.480 e. The van der Waals surface area contributed by atoms with Crippen LogP contribution in [0.5, 0.6) is 0 Å². The Morgan fingerprint density at radius 3 is 1.62 bits per heavy atom. The molecule has 0 bridgehead atoms. The second kappa shape index (κ2) is 14.8. The maximum absolute atomic E-state index is 14.0. The van der Waals surface area contributed by atoms with Crippen LogP contribution in [0.3, 0.4) is 0 Å². The van der Waals surface area contributed by atoms with Crippen LogP contribution >= 0.6 is 0 Å². The Balaban J connectivity index is 1.40. The number of nitrogens with two attached hydrogens (primary N) is 1. The number of aromatic amines is 2. The van der Waals surface area contributed by atoms with Gasteiger partial charge in [-0.05, 0) is 34.7 Å². The summed E-state index contributed by atoms with van der Waals surface area (Å²) in [5, 5.41) is 20.1. The molecule has 47 heavy (non-hydrogen) atoms. The molecule has 0 aliphatic heterocycles. The summed E-state index contributed by atoms with van der Waals surface area (Å²) in [4.78, 5) is 59.6. The van der Waals surface area contributed by atoms with Crippen molar-refractivity contribution in [3.8, 4) is 0 Å². The van der Waals surface area contributed by atoms with Gasteiger partial charge in [0, 0.05) is 53.5 Å². The Labute approximate surface area is 272 Å². The fraction of sp³-hybridized carbons (Fsp3) is 0.278. The van der Waals surface area contributed by atoms with Gasteiger partial charge in [-0.2, -0.15) is 0 Å². The number of rotatable bonds is 14. The fourth-order valence-corrected chi connectivity index (χ4v) is 5.62. The van der Waals surface area contributed by atoms with E-state index in [0.29, 0.717) is 0 Å². The lowest BCUT2D eigenvalue weighted by Crippen LogP contribution is -2.58. The Kier molecular flexibility index (Phi) is 10.4. The van der Waals surface area contributed by atoms with Crippen molar-refractivity contribution in [2.75, 3.05) is 0 Å². The van der Waals surface area contributed by atoms with Crippen LogP contribution in [0.1, 0.15) is 30.5 Å². The predicted octanol–water partition coefficient (Wildman–Crippen LogP) is 3.20. The summed E-state index contributed by atoms with van der Waals surface area (Å²) in [5.74, 6) is -3.13. The SMILES string of the molecule is CC(C)C(N)C(=O)NC(Cc1c[nH]c2ccccc12)C(=O)NC(Cc1ccccc1)C(=O)NC(Cc1c[nH]c2ccccc12)C(=O)O. The highest BCUT2D eigenvalue weighted by atomic mass is 16.4. The van der Waals surface area contributed by atoms with Gasteiger partial charge < -0.3 is 36.8 Å². The Hall–Kier alpha value is -5.42. The smallest absolute Gasteiger partial charge is 0.326 e. The molecule has 4 unspecified atom stereocenters. The van der Waals surface area contributed by atoms with Gasteiger partial charge in [0.15, 0.2) is 0 Å². The number of aromatic nitrogens is 2. The van der Waals surface area contributed by atoms with Crippen molar-refractivity contribution in [3.63, 3.8) is 0 Å². The lowest BCUT2D eigenvalue weighted by atomic mass is 10.00. The number of fused-ring (bicyclic) bond motifs is 2. The normalized spacial score (nSPS) is 14.0. The van der Waals surface area contributed by atoms with Crippen molar-refractivity contribution in [3.05, 3.63) is 108 Å². The summed E-state index contributed by atoms with van der Waals surface area (Å²) < 4.78 is 0. The highest BCUT2D eigenvalue weighted by Gasteiger charge is 2.32. The van der Waals surface area contributed by atoms with E-state index in [1.54, 1.807) is 12.4 Å². The third-order valence-corrected chi connectivity index (χ3v) is 8.38. The van der Waals surface area contributed by atoms with E-state index in [2.05, 4.69) is 25.9 Å². The Bertz CT molecular complexity index is 1860. The Morgan fingerprint density at radius 2 is 1.09 bits per heavy atom. The summed E-state index contributed by atoms with van der Waals surface area (Å²) >= 11 is 0. The first-order valence-electron chi connectivity index (χ1n) is 15.6. The average molecular weight is 637 g/mol. The molecule has 0 spiro atoms. The number of para-hydroxylation sites is 2.